The molecule has 4 amide bonds. The molecule has 2 aromatic carbocycles. The second kappa shape index (κ2) is 37.4. The van der Waals surface area contributed by atoms with E-state index in [4.69, 9.17) is 47.6 Å². The van der Waals surface area contributed by atoms with Gasteiger partial charge in [-0.15, -0.1) is 0 Å². The highest BCUT2D eigenvalue weighted by molar-refractivity contribution is 6.14. The molecule has 0 aliphatic carbocycles. The lowest BCUT2D eigenvalue weighted by Gasteiger charge is -2.35. The number of carbonyl (C=O) groups excluding carboxylic acids is 12. The number of ketones is 2. The molecule has 4 heterocycles. The molecular formula is C62H82N2O24. The molecule has 4 aliphatic heterocycles. The first-order valence-corrected chi connectivity index (χ1v) is 28.9. The van der Waals surface area contributed by atoms with Crippen LogP contribution in [0, 0.1) is 10.8 Å². The van der Waals surface area contributed by atoms with Gasteiger partial charge in [-0.05, 0) is 116 Å². The summed E-state index contributed by atoms with van der Waals surface area (Å²) < 4.78 is 33.5. The molecule has 6 N–H and O–H groups in total. The lowest BCUT2D eigenvalue weighted by molar-refractivity contribution is -0.242. The molecule has 1 unspecified atom stereocenters. The van der Waals surface area contributed by atoms with Gasteiger partial charge in [0.2, 0.25) is 12.6 Å². The predicted molar refractivity (Wildman–Crippen MR) is 303 cm³/mol. The number of hydrogen-bond acceptors (Lipinski definition) is 24. The number of rotatable bonds is 28. The van der Waals surface area contributed by atoms with Gasteiger partial charge in [-0.25, -0.2) is 0 Å². The van der Waals surface area contributed by atoms with Gasteiger partial charge in [-0.3, -0.25) is 48.2 Å². The van der Waals surface area contributed by atoms with Crippen molar-refractivity contribution in [3.63, 3.8) is 0 Å². The van der Waals surface area contributed by atoms with Gasteiger partial charge in [0, 0.05) is 61.2 Å². The fraction of sp³-hybridized carbons (Fsp3) is 0.581. The molecule has 26 heteroatoms. The Morgan fingerprint density at radius 1 is 0.500 bits per heavy atom. The second-order valence-corrected chi connectivity index (χ2v) is 23.2. The molecular weight excluding hydrogens is 1160 g/mol. The minimum Gasteiger partial charge on any atom is -0.462 e. The number of imide groups is 2. The van der Waals surface area contributed by atoms with Gasteiger partial charge in [-0.2, -0.15) is 19.2 Å². The van der Waals surface area contributed by atoms with Crippen molar-refractivity contribution in [2.45, 2.75) is 194 Å². The zero-order chi connectivity index (χ0) is 65.7. The van der Waals surface area contributed by atoms with Gasteiger partial charge in [0.05, 0.1) is 30.6 Å². The standard InChI is InChI=1S/C32H45NO10.C28H37NO10.2CO2/c1-32(2,3)31(40)42-19-22-14-13-21(18-25(22)43-30-29(39)28(38)24(35)20-41-30)10-6-4-7-11-23(34)12-8-5-9-17-33-26(36)15-16-27(33)37;1-28(2,3)27(36)38-15-18-10-9-17(13-21(18)39-26-25(35)24(34)20(31)16-37-26)7-5-4-6-8-19(30)14-29-22(32)11-12-23(29)33;2*2-1-3/h13-16,18,24,28-30,35,38-39H,4-12,17,19-20H2,1-3H3;9-13,20,24-26,31,34-35H,4-8,14-16H2,1-3H3;;/t24-,28+,29-,30?;20-,24+,25-,26+;;/m01../s1. The molecule has 4 aliphatic rings. The molecule has 0 spiro atoms. The first-order chi connectivity index (χ1) is 41.6. The number of amides is 4. The lowest BCUT2D eigenvalue weighted by atomic mass is 9.97. The van der Waals surface area contributed by atoms with Crippen molar-refractivity contribution in [3.8, 4) is 11.5 Å². The zero-order valence-corrected chi connectivity index (χ0v) is 50.5. The highest BCUT2D eigenvalue weighted by Crippen LogP contribution is 2.31. The maximum Gasteiger partial charge on any atom is 0.373 e. The molecule has 6 rings (SSSR count). The highest BCUT2D eigenvalue weighted by Gasteiger charge is 2.41. The van der Waals surface area contributed by atoms with Crippen molar-refractivity contribution in [2.24, 2.45) is 10.8 Å². The van der Waals surface area contributed by atoms with Crippen LogP contribution in [0.1, 0.15) is 141 Å². The third-order valence-electron chi connectivity index (χ3n) is 13.9. The summed E-state index contributed by atoms with van der Waals surface area (Å²) in [6, 6.07) is 10.9. The molecule has 0 bridgehead atoms. The van der Waals surface area contributed by atoms with E-state index in [1.54, 1.807) is 65.8 Å². The van der Waals surface area contributed by atoms with E-state index in [0.29, 0.717) is 67.7 Å². The summed E-state index contributed by atoms with van der Waals surface area (Å²) in [5.74, 6) is -1.59. The van der Waals surface area contributed by atoms with Crippen molar-refractivity contribution < 1.29 is 117 Å². The fourth-order valence-corrected chi connectivity index (χ4v) is 8.75. The Labute approximate surface area is 509 Å². The monoisotopic (exact) mass is 1240 g/mol. The molecule has 0 radical (unpaired) electrons. The highest BCUT2D eigenvalue weighted by atomic mass is 16.7. The molecule has 26 nitrogen and oxygen atoms in total. The zero-order valence-electron chi connectivity index (χ0n) is 50.5. The summed E-state index contributed by atoms with van der Waals surface area (Å²) in [6.45, 7) is 10.1. The normalized spacial score (nSPS) is 21.4. The molecule has 2 saturated heterocycles. The predicted octanol–water partition coefficient (Wildman–Crippen LogP) is 2.77. The van der Waals surface area contributed by atoms with E-state index >= 15 is 0 Å². The van der Waals surface area contributed by atoms with Crippen LogP contribution in [-0.4, -0.2) is 175 Å². The Balaban J connectivity index is 0.000000424. The summed E-state index contributed by atoms with van der Waals surface area (Å²) in [5.41, 5.74) is 1.58. The van der Waals surface area contributed by atoms with Gasteiger partial charge >= 0.3 is 24.2 Å². The number of unbranched alkanes of at least 4 members (excludes halogenated alkanes) is 6. The number of aliphatic hydroxyl groups is 6. The van der Waals surface area contributed by atoms with E-state index in [2.05, 4.69) is 0 Å². The average Bonchev–Trinajstić information content (AvgIpc) is 3.90. The van der Waals surface area contributed by atoms with Crippen LogP contribution < -0.4 is 9.47 Å². The van der Waals surface area contributed by atoms with E-state index in [9.17, 15) is 69.0 Å². The minimum absolute atomic E-state index is 0.0481. The van der Waals surface area contributed by atoms with Crippen LogP contribution in [0.2, 0.25) is 0 Å². The Morgan fingerprint density at radius 2 is 0.852 bits per heavy atom. The fourth-order valence-electron chi connectivity index (χ4n) is 8.75. The third kappa shape index (κ3) is 25.3. The van der Waals surface area contributed by atoms with Crippen LogP contribution in [0.25, 0.3) is 0 Å². The van der Waals surface area contributed by atoms with Gasteiger partial charge in [0.25, 0.3) is 23.6 Å². The lowest BCUT2D eigenvalue weighted by Crippen LogP contribution is -2.54. The maximum atomic E-state index is 12.3. The SMILES string of the molecule is CC(C)(C)C(=O)OCc1ccc(CCCCCC(=O)CCCCCN2C(=O)C=CC2=O)cc1OC1OC[C@H](O)[C@@H](O)[C@@H]1O.CC(C)(C)C(=O)OCc1ccc(CCCCCC(=O)CN2C(=O)C=CC2=O)cc1O[C@@H]1OC[C@@H](O)[C@H](O)[C@H]1O.O=C=O.O=C=O. The van der Waals surface area contributed by atoms with Crippen LogP contribution in [-0.2, 0) is 103 Å². The summed E-state index contributed by atoms with van der Waals surface area (Å²) in [7, 11) is 0. The Hall–Kier alpha value is -7.48. The van der Waals surface area contributed by atoms with E-state index < -0.39 is 77.8 Å². The number of Topliss-reactive ketones (excluding diaryl/α,β-unsaturated/α-hetero) is 2. The molecule has 2 aromatic rings. The molecule has 8 atom stereocenters. The summed E-state index contributed by atoms with van der Waals surface area (Å²) in [4.78, 5) is 130. The number of aryl methyl sites for hydroxylation is 2. The van der Waals surface area contributed by atoms with Crippen LogP contribution in [0.5, 0.6) is 11.5 Å². The summed E-state index contributed by atoms with van der Waals surface area (Å²) in [5, 5.41) is 60.2. The molecule has 2 fully saturated rings. The second-order valence-electron chi connectivity index (χ2n) is 23.2. The van der Waals surface area contributed by atoms with Crippen molar-refractivity contribution in [2.75, 3.05) is 26.3 Å². The number of aliphatic hydroxyl groups excluding tert-OH is 6. The van der Waals surface area contributed by atoms with Crippen molar-refractivity contribution in [1.82, 2.24) is 9.80 Å². The number of nitrogens with zero attached hydrogens (tertiary/aromatic N) is 2. The van der Waals surface area contributed by atoms with Crippen LogP contribution in [0.15, 0.2) is 60.7 Å². The molecule has 0 saturated carbocycles. The molecule has 88 heavy (non-hydrogen) atoms. The summed E-state index contributed by atoms with van der Waals surface area (Å²) >= 11 is 0. The van der Waals surface area contributed by atoms with E-state index in [-0.39, 0.29) is 81.0 Å². The number of ether oxygens (including phenoxy) is 6. The van der Waals surface area contributed by atoms with E-state index in [1.165, 1.54) is 17.1 Å². The first kappa shape index (κ1) is 74.8. The Bertz CT molecular complexity index is 2760. The van der Waals surface area contributed by atoms with Crippen LogP contribution >= 0.6 is 0 Å². The molecule has 484 valence electrons. The van der Waals surface area contributed by atoms with Gasteiger partial charge < -0.3 is 59.1 Å². The van der Waals surface area contributed by atoms with Crippen LogP contribution in [0.3, 0.4) is 0 Å². The van der Waals surface area contributed by atoms with E-state index in [0.717, 1.165) is 73.1 Å². The van der Waals surface area contributed by atoms with E-state index in [1.807, 2.05) is 12.1 Å². The van der Waals surface area contributed by atoms with Gasteiger partial charge in [0.15, 0.2) is 5.78 Å². The smallest absolute Gasteiger partial charge is 0.373 e. The number of esters is 2. The Kier molecular flexibility index (Phi) is 31.8. The third-order valence-corrected chi connectivity index (χ3v) is 13.9. The largest absolute Gasteiger partial charge is 0.462 e. The van der Waals surface area contributed by atoms with Gasteiger partial charge in [-0.1, -0.05) is 43.5 Å². The first-order valence-electron chi connectivity index (χ1n) is 28.9. The summed E-state index contributed by atoms with van der Waals surface area (Å²) in [6.07, 6.45) is 4.02. The maximum absolute atomic E-state index is 12.3. The molecule has 0 aromatic heterocycles. The average molecular weight is 1240 g/mol. The topological polar surface area (TPSA) is 388 Å². The van der Waals surface area contributed by atoms with Crippen molar-refractivity contribution >= 4 is 59.4 Å². The number of carbonyl (C=O) groups is 8. The van der Waals surface area contributed by atoms with Crippen LogP contribution in [0.4, 0.5) is 0 Å². The number of benzene rings is 2. The number of hydrogen-bond donors (Lipinski definition) is 6. The minimum atomic E-state index is -1.48. The Morgan fingerprint density at radius 3 is 1.23 bits per heavy atom. The van der Waals surface area contributed by atoms with Crippen molar-refractivity contribution in [3.05, 3.63) is 83.0 Å². The van der Waals surface area contributed by atoms with Gasteiger partial charge in [0.1, 0.15) is 67.1 Å². The van der Waals surface area contributed by atoms with Crippen molar-refractivity contribution in [1.29, 1.82) is 0 Å². The quantitative estimate of drug-likeness (QED) is 0.0405.